The number of rotatable bonds is 12. The third-order valence-electron chi connectivity index (χ3n) is 5.21. The van der Waals surface area contributed by atoms with Gasteiger partial charge in [-0.2, -0.15) is 0 Å². The van der Waals surface area contributed by atoms with Crippen molar-refractivity contribution in [3.8, 4) is 0 Å². The second-order valence-corrected chi connectivity index (χ2v) is 7.41. The van der Waals surface area contributed by atoms with Gasteiger partial charge in [-0.1, -0.05) is 32.8 Å². The number of ketones is 1. The Morgan fingerprint density at radius 3 is 2.36 bits per heavy atom. The molecule has 1 atom stereocenters. The normalized spacial score (nSPS) is 17.1. The molecule has 0 bridgehead atoms. The lowest BCUT2D eigenvalue weighted by atomic mass is 9.98. The van der Waals surface area contributed by atoms with Crippen molar-refractivity contribution >= 4 is 11.7 Å². The molecule has 154 valence electrons. The molecule has 0 spiro atoms. The van der Waals surface area contributed by atoms with E-state index in [-0.39, 0.29) is 11.4 Å². The van der Waals surface area contributed by atoms with Crippen molar-refractivity contribution in [2.45, 2.75) is 58.9 Å². The van der Waals surface area contributed by atoms with Crippen LogP contribution in [0, 0.1) is 0 Å². The van der Waals surface area contributed by atoms with E-state index in [0.29, 0.717) is 6.54 Å². The molecule has 0 saturated heterocycles. The number of Topliss-reactive ketones (excluding diaryl/α,β-unsaturated/α-hetero) is 1. The summed E-state index contributed by atoms with van der Waals surface area (Å²) < 4.78 is 0. The van der Waals surface area contributed by atoms with Gasteiger partial charge >= 0.3 is 0 Å². The van der Waals surface area contributed by atoms with Gasteiger partial charge in [0.15, 0.2) is 11.5 Å². The maximum Gasteiger partial charge on any atom is 0.290 e. The molecule has 1 amide bonds. The van der Waals surface area contributed by atoms with Crippen LogP contribution in [0.25, 0.3) is 0 Å². The highest BCUT2D eigenvalue weighted by Crippen LogP contribution is 2.37. The van der Waals surface area contributed by atoms with E-state index in [1.165, 1.54) is 19.8 Å². The van der Waals surface area contributed by atoms with E-state index in [4.69, 9.17) is 0 Å². The molecule has 0 saturated carbocycles. The van der Waals surface area contributed by atoms with Gasteiger partial charge in [0, 0.05) is 18.9 Å². The topological polar surface area (TPSA) is 73.7 Å². The molecule has 1 N–H and O–H groups in total. The van der Waals surface area contributed by atoms with Crippen LogP contribution < -0.4 is 0 Å². The Balaban J connectivity index is 2.10. The smallest absolute Gasteiger partial charge is 0.290 e. The Morgan fingerprint density at radius 2 is 1.82 bits per heavy atom. The summed E-state index contributed by atoms with van der Waals surface area (Å²) >= 11 is 0. The molecule has 0 fully saturated rings. The van der Waals surface area contributed by atoms with Crippen LogP contribution in [0.5, 0.6) is 0 Å². The van der Waals surface area contributed by atoms with Crippen molar-refractivity contribution < 1.29 is 14.7 Å². The third kappa shape index (κ3) is 5.41. The van der Waals surface area contributed by atoms with Crippen molar-refractivity contribution in [1.82, 2.24) is 14.8 Å². The summed E-state index contributed by atoms with van der Waals surface area (Å²) in [5.74, 6) is -1.17. The van der Waals surface area contributed by atoms with Crippen molar-refractivity contribution in [1.29, 1.82) is 0 Å². The third-order valence-corrected chi connectivity index (χ3v) is 5.21. The number of hydrogen-bond donors (Lipinski definition) is 1. The van der Waals surface area contributed by atoms with Gasteiger partial charge < -0.3 is 14.9 Å². The highest BCUT2D eigenvalue weighted by Gasteiger charge is 2.42. The van der Waals surface area contributed by atoms with Crippen molar-refractivity contribution in [3.05, 3.63) is 41.4 Å². The standard InChI is InChI=1S/C22H33N3O3/c1-4-6-12-24(13-7-5-2)14-9-15-25-20(18-10-8-11-23-16-18)19(17(3)26)21(27)22(25)28/h8,10-11,16,20,27H,4-7,9,12-15H2,1-3H3. The van der Waals surface area contributed by atoms with E-state index >= 15 is 0 Å². The molecule has 1 aromatic rings. The molecule has 6 nitrogen and oxygen atoms in total. The maximum atomic E-state index is 12.7. The highest BCUT2D eigenvalue weighted by molar-refractivity contribution is 6.08. The molecule has 2 heterocycles. The predicted octanol–water partition coefficient (Wildman–Crippen LogP) is 3.66. The summed E-state index contributed by atoms with van der Waals surface area (Å²) in [5.41, 5.74) is 0.922. The van der Waals surface area contributed by atoms with E-state index in [1.807, 2.05) is 6.07 Å². The molecular formula is C22H33N3O3. The summed E-state index contributed by atoms with van der Waals surface area (Å²) in [4.78, 5) is 33.0. The average molecular weight is 388 g/mol. The number of carbonyl (C=O) groups is 2. The van der Waals surface area contributed by atoms with Crippen molar-refractivity contribution in [3.63, 3.8) is 0 Å². The van der Waals surface area contributed by atoms with Gasteiger partial charge in [-0.3, -0.25) is 14.6 Å². The number of aromatic nitrogens is 1. The lowest BCUT2D eigenvalue weighted by Crippen LogP contribution is -2.35. The first-order chi connectivity index (χ1) is 13.5. The van der Waals surface area contributed by atoms with Gasteiger partial charge in [0.1, 0.15) is 0 Å². The molecule has 1 aromatic heterocycles. The molecule has 1 aliphatic rings. The number of nitrogens with zero attached hydrogens (tertiary/aromatic N) is 3. The Kier molecular flexibility index (Phi) is 8.64. The Morgan fingerprint density at radius 1 is 1.18 bits per heavy atom. The van der Waals surface area contributed by atoms with Crippen LogP contribution in [0.1, 0.15) is 64.5 Å². The first kappa shape index (κ1) is 22.1. The Hall–Kier alpha value is -2.21. The van der Waals surface area contributed by atoms with Gasteiger partial charge in [-0.05, 0) is 57.5 Å². The lowest BCUT2D eigenvalue weighted by molar-refractivity contribution is -0.129. The number of pyridine rings is 1. The molecule has 0 radical (unpaired) electrons. The zero-order valence-corrected chi connectivity index (χ0v) is 17.4. The number of amides is 1. The van der Waals surface area contributed by atoms with E-state index in [0.717, 1.165) is 44.5 Å². The van der Waals surface area contributed by atoms with E-state index in [9.17, 15) is 14.7 Å². The van der Waals surface area contributed by atoms with E-state index < -0.39 is 17.7 Å². The molecule has 28 heavy (non-hydrogen) atoms. The summed E-state index contributed by atoms with van der Waals surface area (Å²) in [6.45, 7) is 9.31. The monoisotopic (exact) mass is 387 g/mol. The van der Waals surface area contributed by atoms with E-state index in [1.54, 1.807) is 23.4 Å². The predicted molar refractivity (Wildman–Crippen MR) is 110 cm³/mol. The maximum absolute atomic E-state index is 12.7. The minimum atomic E-state index is -0.557. The quantitative estimate of drug-likeness (QED) is 0.592. The van der Waals surface area contributed by atoms with Gasteiger partial charge in [0.2, 0.25) is 0 Å². The second-order valence-electron chi connectivity index (χ2n) is 7.41. The number of aliphatic hydroxyl groups is 1. The largest absolute Gasteiger partial charge is 0.503 e. The van der Waals surface area contributed by atoms with Crippen LogP contribution in [0.3, 0.4) is 0 Å². The minimum Gasteiger partial charge on any atom is -0.503 e. The van der Waals surface area contributed by atoms with Gasteiger partial charge in [-0.15, -0.1) is 0 Å². The average Bonchev–Trinajstić information content (AvgIpc) is 2.95. The number of hydrogen-bond acceptors (Lipinski definition) is 5. The lowest BCUT2D eigenvalue weighted by Gasteiger charge is -2.28. The number of unbranched alkanes of at least 4 members (excludes halogenated alkanes) is 2. The Bertz CT molecular complexity index is 680. The van der Waals surface area contributed by atoms with Gasteiger partial charge in [0.05, 0.1) is 11.6 Å². The molecular weight excluding hydrogens is 354 g/mol. The summed E-state index contributed by atoms with van der Waals surface area (Å²) in [6.07, 6.45) is 8.77. The molecule has 0 aliphatic carbocycles. The van der Waals surface area contributed by atoms with Crippen molar-refractivity contribution in [2.24, 2.45) is 0 Å². The SMILES string of the molecule is CCCCN(CCCC)CCCN1C(=O)C(O)=C(C(C)=O)C1c1cccnc1. The summed E-state index contributed by atoms with van der Waals surface area (Å²) in [5, 5.41) is 10.3. The fourth-order valence-corrected chi connectivity index (χ4v) is 3.69. The zero-order valence-electron chi connectivity index (χ0n) is 17.4. The van der Waals surface area contributed by atoms with Crippen LogP contribution >= 0.6 is 0 Å². The number of carbonyl (C=O) groups excluding carboxylic acids is 2. The first-order valence-corrected chi connectivity index (χ1v) is 10.4. The van der Waals surface area contributed by atoms with Crippen LogP contribution in [-0.4, -0.2) is 57.8 Å². The van der Waals surface area contributed by atoms with Crippen LogP contribution in [0.4, 0.5) is 0 Å². The van der Waals surface area contributed by atoms with Crippen LogP contribution in [0.2, 0.25) is 0 Å². The highest BCUT2D eigenvalue weighted by atomic mass is 16.3. The van der Waals surface area contributed by atoms with Crippen LogP contribution in [-0.2, 0) is 9.59 Å². The molecule has 2 rings (SSSR count). The second kappa shape index (κ2) is 11.0. The first-order valence-electron chi connectivity index (χ1n) is 10.4. The molecule has 0 aromatic carbocycles. The minimum absolute atomic E-state index is 0.173. The van der Waals surface area contributed by atoms with E-state index in [2.05, 4.69) is 23.7 Å². The van der Waals surface area contributed by atoms with Gasteiger partial charge in [0.25, 0.3) is 5.91 Å². The van der Waals surface area contributed by atoms with Gasteiger partial charge in [-0.25, -0.2) is 0 Å². The number of aliphatic hydroxyl groups excluding tert-OH is 1. The fourth-order valence-electron chi connectivity index (χ4n) is 3.69. The molecule has 6 heteroatoms. The summed E-state index contributed by atoms with van der Waals surface area (Å²) in [6, 6.07) is 3.06. The van der Waals surface area contributed by atoms with Crippen molar-refractivity contribution in [2.75, 3.05) is 26.2 Å². The zero-order chi connectivity index (χ0) is 20.5. The fraction of sp³-hybridized carbons (Fsp3) is 0.591. The summed E-state index contributed by atoms with van der Waals surface area (Å²) in [7, 11) is 0. The molecule has 1 aliphatic heterocycles. The molecule has 1 unspecified atom stereocenters. The van der Waals surface area contributed by atoms with Crippen LogP contribution in [0.15, 0.2) is 35.9 Å². The Labute approximate surface area is 168 Å².